The van der Waals surface area contributed by atoms with E-state index in [1.807, 2.05) is 0 Å². The lowest BCUT2D eigenvalue weighted by Crippen LogP contribution is -2.40. The molecule has 1 atom stereocenters. The van der Waals surface area contributed by atoms with Crippen molar-refractivity contribution in [3.05, 3.63) is 45.1 Å². The minimum Gasteiger partial charge on any atom is -0.506 e. The molecule has 12 heteroatoms. The van der Waals surface area contributed by atoms with Gasteiger partial charge in [-0.3, -0.25) is 19.1 Å². The van der Waals surface area contributed by atoms with Crippen LogP contribution in [0.25, 0.3) is 21.3 Å². The van der Waals surface area contributed by atoms with Gasteiger partial charge in [-0.05, 0) is 12.1 Å². The molecule has 0 aliphatic rings. The van der Waals surface area contributed by atoms with Gasteiger partial charge in [0.1, 0.15) is 11.3 Å². The van der Waals surface area contributed by atoms with Gasteiger partial charge in [0, 0.05) is 18.0 Å². The summed E-state index contributed by atoms with van der Waals surface area (Å²) in [6.07, 6.45) is -4.68. The Balaban J connectivity index is 2.27. The third-order valence-corrected chi connectivity index (χ3v) is 5.18. The molecular formula is C17H12F3N3O5S. The van der Waals surface area contributed by atoms with Gasteiger partial charge in [-0.25, -0.2) is 0 Å². The third-order valence-electron chi connectivity index (χ3n) is 4.15. The molecule has 4 N–H and O–H groups in total. The molecule has 3 aromatic rings. The van der Waals surface area contributed by atoms with Crippen molar-refractivity contribution in [1.29, 1.82) is 0 Å². The zero-order chi connectivity index (χ0) is 21.7. The van der Waals surface area contributed by atoms with Crippen LogP contribution in [0.3, 0.4) is 0 Å². The number of carboxylic acids is 1. The number of ketones is 1. The number of Topliss-reactive ketones (excluding diaryl/α,β-unsaturated/α-hetero) is 1. The maximum absolute atomic E-state index is 13.0. The Morgan fingerprint density at radius 2 is 1.97 bits per heavy atom. The smallest absolute Gasteiger partial charge is 0.435 e. The van der Waals surface area contributed by atoms with Gasteiger partial charge < -0.3 is 15.9 Å². The van der Waals surface area contributed by atoms with E-state index in [0.717, 1.165) is 10.7 Å². The summed E-state index contributed by atoms with van der Waals surface area (Å²) in [7, 11) is 1.29. The molecule has 0 spiro atoms. The molecule has 1 unspecified atom stereocenters. The average Bonchev–Trinajstić information content (AvgIpc) is 3.02. The first-order chi connectivity index (χ1) is 13.4. The number of hydrogen-bond acceptors (Lipinski definition) is 7. The average molecular weight is 427 g/mol. The fourth-order valence-electron chi connectivity index (χ4n) is 2.75. The summed E-state index contributed by atoms with van der Waals surface area (Å²) in [6, 6.07) is 2.92. The second-order valence-electron chi connectivity index (χ2n) is 6.01. The maximum Gasteiger partial charge on any atom is 0.435 e. The van der Waals surface area contributed by atoms with Gasteiger partial charge in [0.05, 0.1) is 10.4 Å². The van der Waals surface area contributed by atoms with E-state index in [4.69, 9.17) is 10.8 Å². The van der Waals surface area contributed by atoms with Crippen molar-refractivity contribution in [2.45, 2.75) is 12.2 Å². The van der Waals surface area contributed by atoms with E-state index in [1.54, 1.807) is 0 Å². The van der Waals surface area contributed by atoms with Crippen molar-refractivity contribution in [1.82, 2.24) is 9.78 Å². The third kappa shape index (κ3) is 3.47. The Labute approximate surface area is 163 Å². The van der Waals surface area contributed by atoms with Crippen LogP contribution in [-0.2, 0) is 18.0 Å². The van der Waals surface area contributed by atoms with E-state index in [-0.39, 0.29) is 21.3 Å². The zero-order valence-electron chi connectivity index (χ0n) is 14.5. The minimum atomic E-state index is -4.68. The topological polar surface area (TPSA) is 136 Å². The van der Waals surface area contributed by atoms with Gasteiger partial charge in [-0.15, -0.1) is 0 Å². The number of nitrogens with zero attached hydrogens (tertiary/aromatic N) is 2. The Morgan fingerprint density at radius 3 is 2.52 bits per heavy atom. The summed E-state index contributed by atoms with van der Waals surface area (Å²) in [5, 5.41) is 22.7. The molecule has 8 nitrogen and oxygen atoms in total. The van der Waals surface area contributed by atoms with Crippen LogP contribution in [0.4, 0.5) is 13.2 Å². The van der Waals surface area contributed by atoms with Crippen LogP contribution >= 0.6 is 11.3 Å². The molecule has 0 saturated heterocycles. The summed E-state index contributed by atoms with van der Waals surface area (Å²) in [6.45, 7) is 0. The number of fused-ring (bicyclic) bond motifs is 1. The van der Waals surface area contributed by atoms with Crippen molar-refractivity contribution < 1.29 is 33.0 Å². The monoisotopic (exact) mass is 427 g/mol. The number of aromatic hydroxyl groups is 1. The second kappa shape index (κ2) is 6.97. The summed E-state index contributed by atoms with van der Waals surface area (Å²) < 4.78 is 39.0. The van der Waals surface area contributed by atoms with E-state index in [2.05, 4.69) is 5.10 Å². The Bertz CT molecular complexity index is 1220. The molecule has 2 aromatic heterocycles. The van der Waals surface area contributed by atoms with Crippen molar-refractivity contribution in [2.75, 3.05) is 0 Å². The van der Waals surface area contributed by atoms with Crippen LogP contribution in [0.2, 0.25) is 0 Å². The van der Waals surface area contributed by atoms with Gasteiger partial charge in [-0.1, -0.05) is 23.5 Å². The molecule has 0 radical (unpaired) electrons. The summed E-state index contributed by atoms with van der Waals surface area (Å²) >= 11 is 0.480. The number of carboxylic acid groups (broad SMARTS) is 1. The van der Waals surface area contributed by atoms with Gasteiger partial charge in [0.15, 0.2) is 17.5 Å². The molecular weight excluding hydrogens is 415 g/mol. The number of nitrogens with two attached hydrogens (primary N) is 1. The molecule has 29 heavy (non-hydrogen) atoms. The summed E-state index contributed by atoms with van der Waals surface area (Å²) in [5.74, 6) is -3.74. The number of aromatic nitrogens is 2. The fraction of sp³-hybridized carbons (Fsp3) is 0.176. The molecule has 2 heterocycles. The first-order valence-corrected chi connectivity index (χ1v) is 8.68. The zero-order valence-corrected chi connectivity index (χ0v) is 15.3. The lowest BCUT2D eigenvalue weighted by molar-refractivity contribution is -0.141. The minimum absolute atomic E-state index is 0.0113. The number of hydrogen-bond donors (Lipinski definition) is 3. The molecule has 0 saturated carbocycles. The largest absolute Gasteiger partial charge is 0.506 e. The number of carbonyl (C=O) groups excluding carboxylic acids is 1. The molecule has 0 bridgehead atoms. The van der Waals surface area contributed by atoms with E-state index in [0.29, 0.717) is 11.3 Å². The first kappa shape index (κ1) is 20.5. The van der Waals surface area contributed by atoms with Crippen molar-refractivity contribution >= 4 is 33.2 Å². The standard InChI is InChI=1S/C17H12F3N3O5S/c1-23-8(5-9(22-23)17(18,19)20)6-3-2-4-7-12(24)10(16(28)29-14(6)7)13(25)11(21)15(26)27/h2-5,11,24H,21H2,1H3,(H,26,27). The first-order valence-electron chi connectivity index (χ1n) is 7.86. The van der Waals surface area contributed by atoms with E-state index in [9.17, 15) is 32.7 Å². The molecule has 3 rings (SSSR count). The lowest BCUT2D eigenvalue weighted by atomic mass is 10.0. The highest BCUT2D eigenvalue weighted by atomic mass is 32.1. The molecule has 1 aromatic carbocycles. The quantitative estimate of drug-likeness (QED) is 0.428. The molecule has 0 amide bonds. The summed E-state index contributed by atoms with van der Waals surface area (Å²) in [4.78, 5) is 35.6. The SMILES string of the molecule is Cn1nc(C(F)(F)F)cc1-c1cccc2c(O)c(C(=O)C(N)C(=O)O)c(=O)sc12. The van der Waals surface area contributed by atoms with Crippen molar-refractivity contribution in [3.8, 4) is 17.0 Å². The highest BCUT2D eigenvalue weighted by molar-refractivity contribution is 7.17. The number of benzene rings is 1. The number of halogens is 3. The van der Waals surface area contributed by atoms with E-state index < -0.39 is 45.7 Å². The fourth-order valence-corrected chi connectivity index (χ4v) is 3.79. The van der Waals surface area contributed by atoms with Gasteiger partial charge in [0.2, 0.25) is 4.74 Å². The normalized spacial score (nSPS) is 12.9. The van der Waals surface area contributed by atoms with Crippen LogP contribution in [0.15, 0.2) is 29.1 Å². The van der Waals surface area contributed by atoms with Crippen molar-refractivity contribution in [2.24, 2.45) is 12.8 Å². The Kier molecular flexibility index (Phi) is 4.92. The number of alkyl halides is 3. The summed E-state index contributed by atoms with van der Waals surface area (Å²) in [5.41, 5.74) is 3.53. The van der Waals surface area contributed by atoms with Gasteiger partial charge in [-0.2, -0.15) is 18.3 Å². The molecule has 0 aliphatic heterocycles. The Morgan fingerprint density at radius 1 is 1.31 bits per heavy atom. The highest BCUT2D eigenvalue weighted by Gasteiger charge is 2.35. The Hall–Kier alpha value is -3.25. The maximum atomic E-state index is 13.0. The number of aryl methyl sites for hydroxylation is 1. The number of aliphatic carboxylic acids is 1. The number of carbonyl (C=O) groups is 2. The van der Waals surface area contributed by atoms with Crippen LogP contribution in [-0.4, -0.2) is 37.8 Å². The predicted octanol–water partition coefficient (Wildman–Crippen LogP) is 1.98. The highest BCUT2D eigenvalue weighted by Crippen LogP contribution is 2.38. The van der Waals surface area contributed by atoms with Crippen LogP contribution in [0.5, 0.6) is 5.75 Å². The van der Waals surface area contributed by atoms with Crippen LogP contribution in [0, 0.1) is 0 Å². The van der Waals surface area contributed by atoms with Gasteiger partial charge >= 0.3 is 12.1 Å². The molecule has 0 aliphatic carbocycles. The molecule has 0 fully saturated rings. The number of rotatable bonds is 4. The van der Waals surface area contributed by atoms with Crippen molar-refractivity contribution in [3.63, 3.8) is 0 Å². The predicted molar refractivity (Wildman–Crippen MR) is 96.9 cm³/mol. The molecule has 152 valence electrons. The van der Waals surface area contributed by atoms with Gasteiger partial charge in [0.25, 0.3) is 0 Å². The van der Waals surface area contributed by atoms with Crippen LogP contribution in [0.1, 0.15) is 16.1 Å². The van der Waals surface area contributed by atoms with E-state index >= 15 is 0 Å². The second-order valence-corrected chi connectivity index (χ2v) is 6.99. The van der Waals surface area contributed by atoms with Crippen LogP contribution < -0.4 is 10.5 Å². The lowest BCUT2D eigenvalue weighted by Gasteiger charge is -2.11. The van der Waals surface area contributed by atoms with E-state index in [1.165, 1.54) is 25.2 Å².